The van der Waals surface area contributed by atoms with E-state index >= 15 is 0 Å². The highest BCUT2D eigenvalue weighted by atomic mass is 32.1. The van der Waals surface area contributed by atoms with Crippen molar-refractivity contribution >= 4 is 11.3 Å². The molecule has 2 unspecified atom stereocenters. The van der Waals surface area contributed by atoms with Crippen LogP contribution in [0.4, 0.5) is 0 Å². The van der Waals surface area contributed by atoms with E-state index in [0.717, 1.165) is 0 Å². The van der Waals surface area contributed by atoms with Crippen molar-refractivity contribution in [1.82, 2.24) is 0 Å². The van der Waals surface area contributed by atoms with E-state index in [9.17, 15) is 0 Å². The predicted molar refractivity (Wildman–Crippen MR) is 80.2 cm³/mol. The van der Waals surface area contributed by atoms with Crippen LogP contribution in [0.3, 0.4) is 0 Å². The third-order valence-electron chi connectivity index (χ3n) is 3.54. The lowest BCUT2D eigenvalue weighted by atomic mass is 9.96. The van der Waals surface area contributed by atoms with Crippen LogP contribution in [0.5, 0.6) is 0 Å². The maximum atomic E-state index is 6.30. The first-order valence-corrected chi connectivity index (χ1v) is 7.35. The summed E-state index contributed by atoms with van der Waals surface area (Å²) >= 11 is 1.78. The molecule has 0 bridgehead atoms. The van der Waals surface area contributed by atoms with Gasteiger partial charge in [-0.15, -0.1) is 11.3 Å². The zero-order valence-corrected chi connectivity index (χ0v) is 12.1. The molecule has 2 rings (SSSR count). The van der Waals surface area contributed by atoms with Gasteiger partial charge in [0.2, 0.25) is 0 Å². The Labute approximate surface area is 114 Å². The fraction of sp³-hybridized carbons (Fsp3) is 0.375. The molecular weight excluding hydrogens is 238 g/mol. The van der Waals surface area contributed by atoms with Crippen LogP contribution in [0.15, 0.2) is 36.4 Å². The Hall–Kier alpha value is -1.12. The number of thiophene rings is 1. The van der Waals surface area contributed by atoms with Gasteiger partial charge in [0.15, 0.2) is 0 Å². The Bertz CT molecular complexity index is 498. The Balaban J connectivity index is 2.19. The average molecular weight is 259 g/mol. The van der Waals surface area contributed by atoms with Crippen LogP contribution in [0, 0.1) is 6.92 Å². The van der Waals surface area contributed by atoms with Gasteiger partial charge in [-0.3, -0.25) is 0 Å². The molecule has 0 amide bonds. The molecule has 0 spiro atoms. The van der Waals surface area contributed by atoms with E-state index in [1.807, 2.05) is 0 Å². The smallest absolute Gasteiger partial charge is 0.0646 e. The standard InChI is InChI=1S/C16H21NS/c1-4-11(2)13-6-8-14(9-7-13)16(17)15-10-5-12(3)18-15/h5-11,16H,4,17H2,1-3H3. The van der Waals surface area contributed by atoms with E-state index in [-0.39, 0.29) is 6.04 Å². The SMILES string of the molecule is CCC(C)c1ccc(C(N)c2ccc(C)s2)cc1. The van der Waals surface area contributed by atoms with Crippen LogP contribution < -0.4 is 5.73 Å². The summed E-state index contributed by atoms with van der Waals surface area (Å²) in [5.41, 5.74) is 8.90. The van der Waals surface area contributed by atoms with Crippen LogP contribution in [0.25, 0.3) is 0 Å². The molecule has 0 saturated heterocycles. The second kappa shape index (κ2) is 5.68. The maximum Gasteiger partial charge on any atom is 0.0646 e. The van der Waals surface area contributed by atoms with E-state index in [1.165, 1.54) is 27.3 Å². The summed E-state index contributed by atoms with van der Waals surface area (Å²) in [5, 5.41) is 0. The molecule has 0 aliphatic heterocycles. The van der Waals surface area contributed by atoms with E-state index in [4.69, 9.17) is 5.73 Å². The van der Waals surface area contributed by atoms with E-state index in [2.05, 4.69) is 57.2 Å². The summed E-state index contributed by atoms with van der Waals surface area (Å²) in [6, 6.07) is 13.0. The summed E-state index contributed by atoms with van der Waals surface area (Å²) in [4.78, 5) is 2.56. The summed E-state index contributed by atoms with van der Waals surface area (Å²) < 4.78 is 0. The molecule has 1 aromatic heterocycles. The minimum absolute atomic E-state index is 0.00897. The zero-order valence-electron chi connectivity index (χ0n) is 11.3. The molecule has 1 nitrogen and oxygen atoms in total. The lowest BCUT2D eigenvalue weighted by molar-refractivity contribution is 0.732. The Morgan fingerprint density at radius 3 is 2.17 bits per heavy atom. The number of benzene rings is 1. The normalized spacial score (nSPS) is 14.4. The van der Waals surface area contributed by atoms with Crippen molar-refractivity contribution in [3.8, 4) is 0 Å². The van der Waals surface area contributed by atoms with Crippen LogP contribution in [0.1, 0.15) is 53.1 Å². The molecule has 1 aromatic carbocycles. The van der Waals surface area contributed by atoms with Gasteiger partial charge in [-0.2, -0.15) is 0 Å². The van der Waals surface area contributed by atoms with Gasteiger partial charge >= 0.3 is 0 Å². The first-order chi connectivity index (χ1) is 8.61. The molecule has 0 fully saturated rings. The van der Waals surface area contributed by atoms with Crippen LogP contribution in [-0.2, 0) is 0 Å². The number of hydrogen-bond acceptors (Lipinski definition) is 2. The van der Waals surface area contributed by atoms with Gasteiger partial charge in [-0.05, 0) is 42.5 Å². The Morgan fingerprint density at radius 2 is 1.67 bits per heavy atom. The molecule has 2 N–H and O–H groups in total. The fourth-order valence-electron chi connectivity index (χ4n) is 2.05. The molecule has 0 saturated carbocycles. The predicted octanol–water partition coefficient (Wildman–Crippen LogP) is 4.62. The van der Waals surface area contributed by atoms with Crippen molar-refractivity contribution in [3.63, 3.8) is 0 Å². The van der Waals surface area contributed by atoms with Crippen molar-refractivity contribution in [3.05, 3.63) is 57.3 Å². The molecule has 2 aromatic rings. The molecule has 0 radical (unpaired) electrons. The van der Waals surface area contributed by atoms with Gasteiger partial charge in [0, 0.05) is 9.75 Å². The van der Waals surface area contributed by atoms with Gasteiger partial charge in [0.1, 0.15) is 0 Å². The van der Waals surface area contributed by atoms with Gasteiger partial charge in [0.25, 0.3) is 0 Å². The molecule has 18 heavy (non-hydrogen) atoms. The third kappa shape index (κ3) is 2.82. The second-order valence-corrected chi connectivity index (χ2v) is 6.22. The number of nitrogens with two attached hydrogens (primary N) is 1. The fourth-order valence-corrected chi connectivity index (χ4v) is 2.96. The van der Waals surface area contributed by atoms with Gasteiger partial charge in [0.05, 0.1) is 6.04 Å². The van der Waals surface area contributed by atoms with Crippen molar-refractivity contribution in [2.75, 3.05) is 0 Å². The van der Waals surface area contributed by atoms with Crippen LogP contribution >= 0.6 is 11.3 Å². The quantitative estimate of drug-likeness (QED) is 0.852. The average Bonchev–Trinajstić information content (AvgIpc) is 2.84. The monoisotopic (exact) mass is 259 g/mol. The second-order valence-electron chi connectivity index (χ2n) is 4.90. The lowest BCUT2D eigenvalue weighted by Crippen LogP contribution is -2.10. The lowest BCUT2D eigenvalue weighted by Gasteiger charge is -2.13. The Morgan fingerprint density at radius 1 is 1.06 bits per heavy atom. The van der Waals surface area contributed by atoms with E-state index < -0.39 is 0 Å². The molecule has 1 heterocycles. The first-order valence-electron chi connectivity index (χ1n) is 6.53. The van der Waals surface area contributed by atoms with Crippen molar-refractivity contribution in [2.24, 2.45) is 5.73 Å². The van der Waals surface area contributed by atoms with E-state index in [0.29, 0.717) is 5.92 Å². The number of aryl methyl sites for hydroxylation is 1. The summed E-state index contributed by atoms with van der Waals surface area (Å²) in [6.07, 6.45) is 1.18. The highest BCUT2D eigenvalue weighted by Gasteiger charge is 2.11. The molecule has 0 aliphatic carbocycles. The number of rotatable bonds is 4. The van der Waals surface area contributed by atoms with Gasteiger partial charge < -0.3 is 5.73 Å². The van der Waals surface area contributed by atoms with Gasteiger partial charge in [-0.25, -0.2) is 0 Å². The van der Waals surface area contributed by atoms with Crippen molar-refractivity contribution in [1.29, 1.82) is 0 Å². The third-order valence-corrected chi connectivity index (χ3v) is 4.63. The molecule has 96 valence electrons. The van der Waals surface area contributed by atoms with E-state index in [1.54, 1.807) is 11.3 Å². The minimum atomic E-state index is 0.00897. The minimum Gasteiger partial charge on any atom is -0.320 e. The number of hydrogen-bond donors (Lipinski definition) is 1. The Kier molecular flexibility index (Phi) is 4.20. The highest BCUT2D eigenvalue weighted by Crippen LogP contribution is 2.27. The van der Waals surface area contributed by atoms with Crippen LogP contribution in [-0.4, -0.2) is 0 Å². The first kappa shape index (κ1) is 13.3. The zero-order chi connectivity index (χ0) is 13.1. The van der Waals surface area contributed by atoms with Crippen molar-refractivity contribution in [2.45, 2.75) is 39.2 Å². The molecule has 0 aliphatic rings. The van der Waals surface area contributed by atoms with Crippen molar-refractivity contribution < 1.29 is 0 Å². The summed E-state index contributed by atoms with van der Waals surface area (Å²) in [5.74, 6) is 0.624. The van der Waals surface area contributed by atoms with Crippen LogP contribution in [0.2, 0.25) is 0 Å². The summed E-state index contributed by atoms with van der Waals surface area (Å²) in [7, 11) is 0. The largest absolute Gasteiger partial charge is 0.320 e. The molecular formula is C16H21NS. The molecule has 2 heteroatoms. The topological polar surface area (TPSA) is 26.0 Å². The highest BCUT2D eigenvalue weighted by molar-refractivity contribution is 7.12. The maximum absolute atomic E-state index is 6.30. The van der Waals surface area contributed by atoms with Gasteiger partial charge in [-0.1, -0.05) is 38.1 Å². The molecule has 2 atom stereocenters. The summed E-state index contributed by atoms with van der Waals surface area (Å²) in [6.45, 7) is 6.60.